The van der Waals surface area contributed by atoms with Crippen LogP contribution in [0.15, 0.2) is 47.9 Å². The maximum atomic E-state index is 13.6. The number of imidazole rings is 1. The first kappa shape index (κ1) is 15.1. The van der Waals surface area contributed by atoms with Gasteiger partial charge in [-0.05, 0) is 37.1 Å². The van der Waals surface area contributed by atoms with E-state index in [9.17, 15) is 4.39 Å². The fourth-order valence-electron chi connectivity index (χ4n) is 2.86. The van der Waals surface area contributed by atoms with E-state index in [1.54, 1.807) is 36.4 Å². The number of anilines is 1. The Kier molecular flexibility index (Phi) is 3.93. The molecule has 122 valence electrons. The van der Waals surface area contributed by atoms with E-state index in [0.29, 0.717) is 11.6 Å². The molecule has 5 nitrogen and oxygen atoms in total. The van der Waals surface area contributed by atoms with Crippen molar-refractivity contribution >= 4 is 17.6 Å². The topological polar surface area (TPSA) is 55.6 Å². The third-order valence-electron chi connectivity index (χ3n) is 4.03. The highest BCUT2D eigenvalue weighted by molar-refractivity contribution is 7.99. The summed E-state index contributed by atoms with van der Waals surface area (Å²) in [6.07, 6.45) is 7.89. The Bertz CT molecular complexity index is 879. The molecule has 24 heavy (non-hydrogen) atoms. The van der Waals surface area contributed by atoms with Crippen LogP contribution in [0.25, 0.3) is 5.82 Å². The highest BCUT2D eigenvalue weighted by Gasteiger charge is 2.21. The minimum atomic E-state index is -0.211. The number of hydrogen-bond donors (Lipinski definition) is 1. The van der Waals surface area contributed by atoms with Crippen molar-refractivity contribution in [3.8, 4) is 5.82 Å². The molecule has 1 aromatic carbocycles. The Balaban J connectivity index is 1.63. The summed E-state index contributed by atoms with van der Waals surface area (Å²) in [6.45, 7) is 1.92. The molecule has 3 heterocycles. The second-order valence-electron chi connectivity index (χ2n) is 5.62. The summed E-state index contributed by atoms with van der Waals surface area (Å²) in [4.78, 5) is 14.2. The fraction of sp³-hybridized carbons (Fsp3) is 0.235. The van der Waals surface area contributed by atoms with Gasteiger partial charge in [0.2, 0.25) is 0 Å². The molecule has 0 fully saturated rings. The normalized spacial score (nSPS) is 16.7. The van der Waals surface area contributed by atoms with Gasteiger partial charge < -0.3 is 5.32 Å². The summed E-state index contributed by atoms with van der Waals surface area (Å²) in [7, 11) is 0. The Morgan fingerprint density at radius 3 is 3.08 bits per heavy atom. The minimum Gasteiger partial charge on any atom is -0.362 e. The van der Waals surface area contributed by atoms with Crippen molar-refractivity contribution in [3.05, 3.63) is 60.2 Å². The molecule has 2 aromatic heterocycles. The van der Waals surface area contributed by atoms with Crippen molar-refractivity contribution in [1.82, 2.24) is 19.5 Å². The number of rotatable bonds is 3. The van der Waals surface area contributed by atoms with E-state index in [4.69, 9.17) is 0 Å². The Morgan fingerprint density at radius 2 is 2.25 bits per heavy atom. The summed E-state index contributed by atoms with van der Waals surface area (Å²) in [5.74, 6) is 3.01. The molecule has 0 saturated carbocycles. The third-order valence-corrected chi connectivity index (χ3v) is 5.15. The molecule has 4 rings (SSSR count). The summed E-state index contributed by atoms with van der Waals surface area (Å²) in [5.41, 5.74) is 0.984. The van der Waals surface area contributed by atoms with Crippen molar-refractivity contribution in [1.29, 1.82) is 0 Å². The van der Waals surface area contributed by atoms with Gasteiger partial charge in [-0.15, -0.1) is 11.8 Å². The molecule has 0 unspecified atom stereocenters. The van der Waals surface area contributed by atoms with Gasteiger partial charge in [-0.3, -0.25) is 9.55 Å². The van der Waals surface area contributed by atoms with Crippen LogP contribution in [-0.2, 0) is 0 Å². The molecule has 0 bridgehead atoms. The molecule has 3 aromatic rings. The molecule has 1 aliphatic rings. The zero-order chi connectivity index (χ0) is 16.5. The van der Waals surface area contributed by atoms with Crippen LogP contribution in [0.2, 0.25) is 0 Å². The number of fused-ring (bicyclic) bond motifs is 1. The van der Waals surface area contributed by atoms with E-state index >= 15 is 0 Å². The van der Waals surface area contributed by atoms with Gasteiger partial charge in [-0.25, -0.2) is 14.4 Å². The van der Waals surface area contributed by atoms with Gasteiger partial charge in [-0.1, -0.05) is 0 Å². The van der Waals surface area contributed by atoms with Crippen LogP contribution >= 0.6 is 11.8 Å². The van der Waals surface area contributed by atoms with Crippen LogP contribution in [0.4, 0.5) is 10.2 Å². The molecule has 0 amide bonds. The van der Waals surface area contributed by atoms with Gasteiger partial charge in [0.25, 0.3) is 0 Å². The van der Waals surface area contributed by atoms with E-state index in [1.165, 1.54) is 6.07 Å². The zero-order valence-electron chi connectivity index (χ0n) is 13.1. The van der Waals surface area contributed by atoms with Crippen molar-refractivity contribution < 1.29 is 4.39 Å². The average molecular weight is 341 g/mol. The SMILES string of the molecule is Cc1nccn1-c1cncc(N[C@H]2CCSc3ccc(F)cc32)n1. The Hall–Kier alpha value is -2.41. The first-order chi connectivity index (χ1) is 11.7. The molecule has 1 N–H and O–H groups in total. The number of hydrogen-bond acceptors (Lipinski definition) is 5. The highest BCUT2D eigenvalue weighted by Crippen LogP contribution is 2.38. The smallest absolute Gasteiger partial charge is 0.159 e. The predicted molar refractivity (Wildman–Crippen MR) is 92.0 cm³/mol. The first-order valence-electron chi connectivity index (χ1n) is 7.72. The van der Waals surface area contributed by atoms with Crippen LogP contribution in [0.5, 0.6) is 0 Å². The molecule has 1 aliphatic heterocycles. The predicted octanol–water partition coefficient (Wildman–Crippen LogP) is 3.76. The number of aryl methyl sites for hydroxylation is 1. The second kappa shape index (κ2) is 6.24. The zero-order valence-corrected chi connectivity index (χ0v) is 13.9. The van der Waals surface area contributed by atoms with Gasteiger partial charge in [-0.2, -0.15) is 0 Å². The van der Waals surface area contributed by atoms with Gasteiger partial charge in [0.05, 0.1) is 18.4 Å². The van der Waals surface area contributed by atoms with Crippen LogP contribution in [0.1, 0.15) is 23.9 Å². The van der Waals surface area contributed by atoms with E-state index in [0.717, 1.165) is 28.5 Å². The van der Waals surface area contributed by atoms with Crippen LogP contribution in [0.3, 0.4) is 0 Å². The van der Waals surface area contributed by atoms with Crippen molar-refractivity contribution in [3.63, 3.8) is 0 Å². The Morgan fingerprint density at radius 1 is 1.33 bits per heavy atom. The van der Waals surface area contributed by atoms with E-state index < -0.39 is 0 Å². The van der Waals surface area contributed by atoms with Gasteiger partial charge >= 0.3 is 0 Å². The number of halogens is 1. The lowest BCUT2D eigenvalue weighted by molar-refractivity contribution is 0.615. The largest absolute Gasteiger partial charge is 0.362 e. The number of thioether (sulfide) groups is 1. The summed E-state index contributed by atoms with van der Waals surface area (Å²) in [5, 5.41) is 3.40. The molecule has 0 saturated heterocycles. The van der Waals surface area contributed by atoms with Gasteiger partial charge in [0.15, 0.2) is 5.82 Å². The Labute approximate surface area is 143 Å². The molecule has 0 radical (unpaired) electrons. The molecular formula is C17H16FN5S. The quantitative estimate of drug-likeness (QED) is 0.786. The first-order valence-corrected chi connectivity index (χ1v) is 8.70. The highest BCUT2D eigenvalue weighted by atomic mass is 32.2. The van der Waals surface area contributed by atoms with Crippen LogP contribution in [0, 0.1) is 12.7 Å². The number of benzene rings is 1. The molecule has 7 heteroatoms. The maximum Gasteiger partial charge on any atom is 0.159 e. The second-order valence-corrected chi connectivity index (χ2v) is 6.76. The molecule has 0 spiro atoms. The van der Waals surface area contributed by atoms with E-state index in [2.05, 4.69) is 20.3 Å². The lowest BCUT2D eigenvalue weighted by atomic mass is 10.0. The summed E-state index contributed by atoms with van der Waals surface area (Å²) < 4.78 is 15.5. The van der Waals surface area contributed by atoms with Crippen molar-refractivity contribution in [2.45, 2.75) is 24.3 Å². The number of nitrogens with one attached hydrogen (secondary N) is 1. The standard InChI is InChI=1S/C17H16FN5S/c1-11-20-5-6-23(11)17-10-19-9-16(22-17)21-14-4-7-24-15-3-2-12(18)8-13(14)15/h2-3,5-6,8-10,14H,4,7H2,1H3,(H,21,22)/t14-/m0/s1. The summed E-state index contributed by atoms with van der Waals surface area (Å²) >= 11 is 1.76. The van der Waals surface area contributed by atoms with Crippen molar-refractivity contribution in [2.75, 3.05) is 11.1 Å². The monoisotopic (exact) mass is 341 g/mol. The van der Waals surface area contributed by atoms with Gasteiger partial charge in [0.1, 0.15) is 17.5 Å². The van der Waals surface area contributed by atoms with E-state index in [1.807, 2.05) is 23.8 Å². The third kappa shape index (κ3) is 2.87. The lowest BCUT2D eigenvalue weighted by Crippen LogP contribution is -2.17. The lowest BCUT2D eigenvalue weighted by Gasteiger charge is -2.26. The number of aromatic nitrogens is 4. The van der Waals surface area contributed by atoms with Crippen molar-refractivity contribution in [2.24, 2.45) is 0 Å². The average Bonchev–Trinajstić information content (AvgIpc) is 3.02. The molecular weight excluding hydrogens is 325 g/mol. The fourth-order valence-corrected chi connectivity index (χ4v) is 3.96. The minimum absolute atomic E-state index is 0.0328. The van der Waals surface area contributed by atoms with Crippen LogP contribution in [-0.4, -0.2) is 25.3 Å². The molecule has 0 aliphatic carbocycles. The molecule has 1 atom stereocenters. The van der Waals surface area contributed by atoms with Crippen LogP contribution < -0.4 is 5.32 Å². The number of nitrogens with zero attached hydrogens (tertiary/aromatic N) is 4. The maximum absolute atomic E-state index is 13.6. The van der Waals surface area contributed by atoms with E-state index in [-0.39, 0.29) is 11.9 Å². The summed E-state index contributed by atoms with van der Waals surface area (Å²) in [6, 6.07) is 5.00. The van der Waals surface area contributed by atoms with Gasteiger partial charge in [0, 0.05) is 23.0 Å².